The fourth-order valence-corrected chi connectivity index (χ4v) is 2.40. The van der Waals surface area contributed by atoms with E-state index in [4.69, 9.17) is 5.73 Å². The molecule has 0 radical (unpaired) electrons. The van der Waals surface area contributed by atoms with Crippen LogP contribution in [0.3, 0.4) is 0 Å². The molecule has 0 aliphatic rings. The van der Waals surface area contributed by atoms with Crippen LogP contribution in [0.4, 0.5) is 35.9 Å². The maximum atomic E-state index is 13.0. The van der Waals surface area contributed by atoms with E-state index in [0.29, 0.717) is 12.8 Å². The number of nitrogen functional groups attached to an aromatic ring is 1. The van der Waals surface area contributed by atoms with E-state index >= 15 is 0 Å². The Morgan fingerprint density at radius 3 is 1.96 bits per heavy atom. The van der Waals surface area contributed by atoms with Crippen LogP contribution in [-0.2, 0) is 6.18 Å². The Morgan fingerprint density at radius 2 is 1.62 bits per heavy atom. The van der Waals surface area contributed by atoms with Crippen molar-refractivity contribution in [1.82, 2.24) is 0 Å². The van der Waals surface area contributed by atoms with E-state index in [2.05, 4.69) is 0 Å². The highest BCUT2D eigenvalue weighted by Gasteiger charge is 2.42. The van der Waals surface area contributed by atoms with Crippen LogP contribution in [0.2, 0.25) is 0 Å². The third-order valence-corrected chi connectivity index (χ3v) is 3.28. The molecule has 11 heteroatoms. The van der Waals surface area contributed by atoms with Crippen LogP contribution in [0, 0.1) is 20.2 Å². The lowest BCUT2D eigenvalue weighted by Gasteiger charge is -2.24. The fourth-order valence-electron chi connectivity index (χ4n) is 2.40. The minimum Gasteiger partial charge on any atom is -0.393 e. The molecule has 0 spiro atoms. The van der Waals surface area contributed by atoms with Crippen LogP contribution in [0.25, 0.3) is 0 Å². The van der Waals surface area contributed by atoms with Crippen molar-refractivity contribution in [3.8, 4) is 0 Å². The molecule has 1 aromatic rings. The second-order valence-corrected chi connectivity index (χ2v) is 5.05. The fraction of sp³-hybridized carbons (Fsp3) is 0.538. The summed E-state index contributed by atoms with van der Waals surface area (Å²) in [4.78, 5) is 21.7. The van der Waals surface area contributed by atoms with Gasteiger partial charge in [0, 0.05) is 19.2 Å². The lowest BCUT2D eigenvalue weighted by molar-refractivity contribution is -0.392. The lowest BCUT2D eigenvalue weighted by Crippen LogP contribution is -2.27. The number of alkyl halides is 3. The number of rotatable bonds is 7. The minimum atomic E-state index is -5.04. The van der Waals surface area contributed by atoms with E-state index in [-0.39, 0.29) is 19.2 Å². The molecule has 24 heavy (non-hydrogen) atoms. The van der Waals surface area contributed by atoms with Crippen LogP contribution in [0.5, 0.6) is 0 Å². The summed E-state index contributed by atoms with van der Waals surface area (Å²) in [6.07, 6.45) is -4.05. The molecule has 0 amide bonds. The zero-order valence-corrected chi connectivity index (χ0v) is 13.1. The van der Waals surface area contributed by atoms with Gasteiger partial charge in [0.2, 0.25) is 0 Å². The second kappa shape index (κ2) is 7.32. The molecular weight excluding hydrogens is 333 g/mol. The molecule has 0 aromatic heterocycles. The van der Waals surface area contributed by atoms with Gasteiger partial charge in [0.1, 0.15) is 5.69 Å². The Hall–Kier alpha value is -2.59. The van der Waals surface area contributed by atoms with Gasteiger partial charge in [-0.2, -0.15) is 13.2 Å². The van der Waals surface area contributed by atoms with Crippen LogP contribution in [0.15, 0.2) is 6.07 Å². The van der Waals surface area contributed by atoms with Gasteiger partial charge < -0.3 is 10.6 Å². The average molecular weight is 350 g/mol. The number of nitrogens with zero attached hydrogens (tertiary/aromatic N) is 3. The number of benzene rings is 1. The molecule has 0 atom stereocenters. The highest BCUT2D eigenvalue weighted by Crippen LogP contribution is 2.48. The molecule has 2 N–H and O–H groups in total. The van der Waals surface area contributed by atoms with Crippen molar-refractivity contribution in [1.29, 1.82) is 0 Å². The molecule has 0 fully saturated rings. The van der Waals surface area contributed by atoms with E-state index in [1.165, 1.54) is 4.90 Å². The van der Waals surface area contributed by atoms with Crippen molar-refractivity contribution in [2.45, 2.75) is 32.9 Å². The second-order valence-electron chi connectivity index (χ2n) is 5.05. The number of hydrogen-bond donors (Lipinski definition) is 1. The molecule has 1 aromatic carbocycles. The molecule has 0 aliphatic heterocycles. The number of hydrogen-bond acceptors (Lipinski definition) is 6. The summed E-state index contributed by atoms with van der Waals surface area (Å²) in [6.45, 7) is 3.90. The maximum Gasteiger partial charge on any atom is 0.418 e. The number of nitro groups is 2. The first-order valence-corrected chi connectivity index (χ1v) is 7.13. The number of halogens is 3. The normalized spacial score (nSPS) is 11.4. The Balaban J connectivity index is 3.87. The molecular formula is C13H17F3N4O4. The summed E-state index contributed by atoms with van der Waals surface area (Å²) in [5.41, 5.74) is 0.101. The van der Waals surface area contributed by atoms with Gasteiger partial charge in [-0.25, -0.2) is 0 Å². The first-order valence-electron chi connectivity index (χ1n) is 7.13. The van der Waals surface area contributed by atoms with Crippen molar-refractivity contribution in [2.75, 3.05) is 23.7 Å². The smallest absolute Gasteiger partial charge is 0.393 e. The van der Waals surface area contributed by atoms with Gasteiger partial charge in [0.05, 0.1) is 15.4 Å². The summed E-state index contributed by atoms with van der Waals surface area (Å²) >= 11 is 0. The van der Waals surface area contributed by atoms with Crippen molar-refractivity contribution >= 4 is 22.7 Å². The van der Waals surface area contributed by atoms with Crippen LogP contribution in [0.1, 0.15) is 32.3 Å². The summed E-state index contributed by atoms with van der Waals surface area (Å²) < 4.78 is 39.1. The van der Waals surface area contributed by atoms with Gasteiger partial charge in [0.25, 0.3) is 5.69 Å². The van der Waals surface area contributed by atoms with E-state index < -0.39 is 44.3 Å². The lowest BCUT2D eigenvalue weighted by atomic mass is 10.1. The Kier molecular flexibility index (Phi) is 5.93. The quantitative estimate of drug-likeness (QED) is 0.455. The summed E-state index contributed by atoms with van der Waals surface area (Å²) in [7, 11) is 0. The highest BCUT2D eigenvalue weighted by molar-refractivity contribution is 5.86. The number of nitrogens with two attached hydrogens (primary N) is 1. The topological polar surface area (TPSA) is 116 Å². The molecule has 1 rings (SSSR count). The van der Waals surface area contributed by atoms with Crippen molar-refractivity contribution < 1.29 is 23.0 Å². The number of nitro benzene ring substituents is 2. The first-order chi connectivity index (χ1) is 11.1. The standard InChI is InChI=1S/C13H17F3N4O4/c1-3-5-18(6-4-2)11-9(19(21)22)7-8(13(14,15)16)10(17)12(11)20(23)24/h7H,3-6,17H2,1-2H3. The Labute approximate surface area is 135 Å². The molecule has 0 aliphatic carbocycles. The van der Waals surface area contributed by atoms with E-state index in [1.54, 1.807) is 13.8 Å². The van der Waals surface area contributed by atoms with Crippen LogP contribution in [-0.4, -0.2) is 22.9 Å². The van der Waals surface area contributed by atoms with Gasteiger partial charge in [-0.3, -0.25) is 20.2 Å². The molecule has 0 heterocycles. The molecule has 0 saturated heterocycles. The summed E-state index contributed by atoms with van der Waals surface area (Å²) in [5, 5.41) is 22.6. The molecule has 0 bridgehead atoms. The monoisotopic (exact) mass is 350 g/mol. The minimum absolute atomic E-state index is 0.209. The van der Waals surface area contributed by atoms with Gasteiger partial charge >= 0.3 is 11.9 Å². The average Bonchev–Trinajstić information content (AvgIpc) is 2.44. The summed E-state index contributed by atoms with van der Waals surface area (Å²) in [5.74, 6) is 0. The molecule has 0 saturated carbocycles. The van der Waals surface area contributed by atoms with Gasteiger partial charge in [-0.1, -0.05) is 13.8 Å². The van der Waals surface area contributed by atoms with Gasteiger partial charge in [0.15, 0.2) is 5.69 Å². The third-order valence-electron chi connectivity index (χ3n) is 3.28. The van der Waals surface area contributed by atoms with Crippen molar-refractivity contribution in [2.24, 2.45) is 0 Å². The Morgan fingerprint density at radius 1 is 1.12 bits per heavy atom. The SMILES string of the molecule is CCCN(CCC)c1c([N+](=O)[O-])cc(C(F)(F)F)c(N)c1[N+](=O)[O-]. The number of anilines is 2. The van der Waals surface area contributed by atoms with Crippen LogP contribution >= 0.6 is 0 Å². The zero-order valence-electron chi connectivity index (χ0n) is 13.1. The predicted molar refractivity (Wildman–Crippen MR) is 82.0 cm³/mol. The van der Waals surface area contributed by atoms with Gasteiger partial charge in [-0.15, -0.1) is 0 Å². The highest BCUT2D eigenvalue weighted by atomic mass is 19.4. The predicted octanol–water partition coefficient (Wildman–Crippen LogP) is 3.73. The zero-order chi connectivity index (χ0) is 18.7. The molecule has 0 unspecified atom stereocenters. The maximum absolute atomic E-state index is 13.0. The summed E-state index contributed by atoms with van der Waals surface area (Å²) in [6, 6.07) is 0.260. The van der Waals surface area contributed by atoms with Crippen LogP contribution < -0.4 is 10.6 Å². The van der Waals surface area contributed by atoms with Gasteiger partial charge in [-0.05, 0) is 12.8 Å². The van der Waals surface area contributed by atoms with E-state index in [1.807, 2.05) is 0 Å². The largest absolute Gasteiger partial charge is 0.418 e. The van der Waals surface area contributed by atoms with Crippen molar-refractivity contribution in [3.05, 3.63) is 31.9 Å². The first kappa shape index (κ1) is 19.5. The molecule has 134 valence electrons. The van der Waals surface area contributed by atoms with Crippen molar-refractivity contribution in [3.63, 3.8) is 0 Å². The molecule has 8 nitrogen and oxygen atoms in total. The van der Waals surface area contributed by atoms with E-state index in [9.17, 15) is 33.4 Å². The van der Waals surface area contributed by atoms with E-state index in [0.717, 1.165) is 0 Å². The Bertz CT molecular complexity index is 643. The third kappa shape index (κ3) is 3.84.